The zero-order valence-electron chi connectivity index (χ0n) is 12.7. The summed E-state index contributed by atoms with van der Waals surface area (Å²) < 4.78 is 5.26. The number of hydrogen-bond acceptors (Lipinski definition) is 3. The number of nitrogens with one attached hydrogen (secondary N) is 2. The van der Waals surface area contributed by atoms with Gasteiger partial charge in [-0.25, -0.2) is 0 Å². The van der Waals surface area contributed by atoms with Crippen molar-refractivity contribution >= 4 is 29.2 Å². The molecule has 0 aliphatic carbocycles. The SMILES string of the molecule is CCc1ccccc1NC(=S)N/N=C/c1ccccc1OC. The van der Waals surface area contributed by atoms with E-state index in [0.29, 0.717) is 5.11 Å². The number of nitrogens with zero attached hydrogens (tertiary/aromatic N) is 1. The van der Waals surface area contributed by atoms with Gasteiger partial charge in [0.05, 0.1) is 13.3 Å². The number of anilines is 1. The lowest BCUT2D eigenvalue weighted by molar-refractivity contribution is 0.414. The standard InChI is InChI=1S/C17H19N3OS/c1-3-13-8-4-6-10-15(13)19-17(22)20-18-12-14-9-5-7-11-16(14)21-2/h4-12H,3H2,1-2H3,(H2,19,20,22)/b18-12+. The van der Waals surface area contributed by atoms with Gasteiger partial charge in [0.15, 0.2) is 5.11 Å². The maximum Gasteiger partial charge on any atom is 0.191 e. The second-order valence-electron chi connectivity index (χ2n) is 4.58. The van der Waals surface area contributed by atoms with Crippen LogP contribution < -0.4 is 15.5 Å². The molecule has 0 spiro atoms. The predicted octanol–water partition coefficient (Wildman–Crippen LogP) is 3.58. The van der Waals surface area contributed by atoms with Crippen LogP contribution in [0.2, 0.25) is 0 Å². The Morgan fingerprint density at radius 1 is 1.18 bits per heavy atom. The minimum atomic E-state index is 0.451. The largest absolute Gasteiger partial charge is 0.496 e. The van der Waals surface area contributed by atoms with Crippen LogP contribution in [0.1, 0.15) is 18.1 Å². The summed E-state index contributed by atoms with van der Waals surface area (Å²) in [6.07, 6.45) is 2.62. The fourth-order valence-electron chi connectivity index (χ4n) is 2.03. The molecule has 22 heavy (non-hydrogen) atoms. The topological polar surface area (TPSA) is 45.7 Å². The van der Waals surface area contributed by atoms with Gasteiger partial charge in [-0.2, -0.15) is 5.10 Å². The van der Waals surface area contributed by atoms with Crippen molar-refractivity contribution in [2.75, 3.05) is 12.4 Å². The van der Waals surface area contributed by atoms with E-state index >= 15 is 0 Å². The summed E-state index contributed by atoms with van der Waals surface area (Å²) in [5.74, 6) is 0.767. The van der Waals surface area contributed by atoms with Crippen LogP contribution in [-0.4, -0.2) is 18.4 Å². The minimum Gasteiger partial charge on any atom is -0.496 e. The molecule has 114 valence electrons. The highest BCUT2D eigenvalue weighted by Crippen LogP contribution is 2.16. The zero-order valence-corrected chi connectivity index (χ0v) is 13.5. The summed E-state index contributed by atoms with van der Waals surface area (Å²) in [6, 6.07) is 15.7. The number of aryl methyl sites for hydroxylation is 1. The maximum atomic E-state index is 5.26. The van der Waals surface area contributed by atoms with Crippen LogP contribution in [0.5, 0.6) is 5.75 Å². The monoisotopic (exact) mass is 313 g/mol. The van der Waals surface area contributed by atoms with E-state index < -0.39 is 0 Å². The van der Waals surface area contributed by atoms with Gasteiger partial charge in [0.2, 0.25) is 0 Å². The maximum absolute atomic E-state index is 5.26. The van der Waals surface area contributed by atoms with Gasteiger partial charge in [-0.15, -0.1) is 0 Å². The van der Waals surface area contributed by atoms with E-state index in [0.717, 1.165) is 23.4 Å². The third-order valence-electron chi connectivity index (χ3n) is 3.16. The molecule has 2 aromatic rings. The van der Waals surface area contributed by atoms with Crippen molar-refractivity contribution in [3.05, 3.63) is 59.7 Å². The second kappa shape index (κ2) is 8.14. The first-order chi connectivity index (χ1) is 10.7. The zero-order chi connectivity index (χ0) is 15.8. The smallest absolute Gasteiger partial charge is 0.191 e. The van der Waals surface area contributed by atoms with Gasteiger partial charge in [-0.3, -0.25) is 5.43 Å². The Morgan fingerprint density at radius 3 is 2.68 bits per heavy atom. The van der Waals surface area contributed by atoms with E-state index in [1.807, 2.05) is 42.5 Å². The molecule has 0 fully saturated rings. The summed E-state index contributed by atoms with van der Waals surface area (Å²) in [5.41, 5.74) is 5.90. The number of hydrazone groups is 1. The van der Waals surface area contributed by atoms with Crippen LogP contribution in [0.25, 0.3) is 0 Å². The number of para-hydroxylation sites is 2. The van der Waals surface area contributed by atoms with Crippen LogP contribution in [-0.2, 0) is 6.42 Å². The molecule has 0 bridgehead atoms. The highest BCUT2D eigenvalue weighted by molar-refractivity contribution is 7.80. The molecular formula is C17H19N3OS. The first kappa shape index (κ1) is 16.0. The number of ether oxygens (including phenoxy) is 1. The summed E-state index contributed by atoms with van der Waals surface area (Å²) in [4.78, 5) is 0. The molecule has 0 aromatic heterocycles. The number of methoxy groups -OCH3 is 1. The molecule has 0 atom stereocenters. The first-order valence-electron chi connectivity index (χ1n) is 7.05. The fourth-order valence-corrected chi connectivity index (χ4v) is 2.20. The molecule has 0 heterocycles. The van der Waals surface area contributed by atoms with Gasteiger partial charge < -0.3 is 10.1 Å². The van der Waals surface area contributed by atoms with Crippen molar-refractivity contribution in [3.63, 3.8) is 0 Å². The number of hydrogen-bond donors (Lipinski definition) is 2. The fraction of sp³-hybridized carbons (Fsp3) is 0.176. The Morgan fingerprint density at radius 2 is 1.91 bits per heavy atom. The average Bonchev–Trinajstić information content (AvgIpc) is 2.55. The predicted molar refractivity (Wildman–Crippen MR) is 95.8 cm³/mol. The summed E-state index contributed by atoms with van der Waals surface area (Å²) in [5, 5.41) is 7.75. The second-order valence-corrected chi connectivity index (χ2v) is 4.99. The van der Waals surface area contributed by atoms with Crippen LogP contribution in [0.3, 0.4) is 0 Å². The van der Waals surface area contributed by atoms with Crippen LogP contribution in [0.15, 0.2) is 53.6 Å². The van der Waals surface area contributed by atoms with Crippen molar-refractivity contribution < 1.29 is 4.74 Å². The van der Waals surface area contributed by atoms with Crippen molar-refractivity contribution in [2.45, 2.75) is 13.3 Å². The van der Waals surface area contributed by atoms with Crippen LogP contribution in [0, 0.1) is 0 Å². The lowest BCUT2D eigenvalue weighted by Crippen LogP contribution is -2.24. The van der Waals surface area contributed by atoms with Crippen LogP contribution >= 0.6 is 12.2 Å². The molecule has 0 saturated heterocycles. The Bertz CT molecular complexity index is 670. The lowest BCUT2D eigenvalue weighted by atomic mass is 10.1. The van der Waals surface area contributed by atoms with Crippen molar-refractivity contribution in [3.8, 4) is 5.75 Å². The molecule has 4 nitrogen and oxygen atoms in total. The van der Waals surface area contributed by atoms with Gasteiger partial charge in [0, 0.05) is 11.3 Å². The Labute approximate surface area is 136 Å². The van der Waals surface area contributed by atoms with Crippen LogP contribution in [0.4, 0.5) is 5.69 Å². The Kier molecular flexibility index (Phi) is 5.91. The Hall–Kier alpha value is -2.40. The molecule has 2 rings (SSSR count). The number of thiocarbonyl (C=S) groups is 1. The molecule has 0 amide bonds. The van der Waals surface area contributed by atoms with E-state index in [1.165, 1.54) is 5.56 Å². The van der Waals surface area contributed by atoms with Crippen molar-refractivity contribution in [1.29, 1.82) is 0 Å². The number of rotatable bonds is 5. The Balaban J connectivity index is 1.96. The van der Waals surface area contributed by atoms with E-state index in [2.05, 4.69) is 28.8 Å². The van der Waals surface area contributed by atoms with Gasteiger partial charge in [0.1, 0.15) is 5.75 Å². The quantitative estimate of drug-likeness (QED) is 0.503. The summed E-state index contributed by atoms with van der Waals surface area (Å²) in [6.45, 7) is 2.11. The molecule has 0 saturated carbocycles. The third-order valence-corrected chi connectivity index (χ3v) is 3.35. The molecule has 0 radical (unpaired) electrons. The molecule has 0 aliphatic heterocycles. The summed E-state index contributed by atoms with van der Waals surface area (Å²) >= 11 is 5.25. The normalized spacial score (nSPS) is 10.5. The highest BCUT2D eigenvalue weighted by Gasteiger charge is 2.01. The third kappa shape index (κ3) is 4.30. The number of benzene rings is 2. The van der Waals surface area contributed by atoms with Gasteiger partial charge in [-0.05, 0) is 42.4 Å². The molecule has 2 N–H and O–H groups in total. The first-order valence-corrected chi connectivity index (χ1v) is 7.46. The van der Waals surface area contributed by atoms with E-state index in [1.54, 1.807) is 13.3 Å². The molecule has 5 heteroatoms. The minimum absolute atomic E-state index is 0.451. The van der Waals surface area contributed by atoms with E-state index in [-0.39, 0.29) is 0 Å². The summed E-state index contributed by atoms with van der Waals surface area (Å²) in [7, 11) is 1.63. The lowest BCUT2D eigenvalue weighted by Gasteiger charge is -2.11. The van der Waals surface area contributed by atoms with Gasteiger partial charge >= 0.3 is 0 Å². The van der Waals surface area contributed by atoms with Crippen molar-refractivity contribution in [2.24, 2.45) is 5.10 Å². The van der Waals surface area contributed by atoms with E-state index in [9.17, 15) is 0 Å². The van der Waals surface area contributed by atoms with Crippen molar-refractivity contribution in [1.82, 2.24) is 5.43 Å². The van der Waals surface area contributed by atoms with Gasteiger partial charge in [-0.1, -0.05) is 37.3 Å². The molecule has 0 aliphatic rings. The highest BCUT2D eigenvalue weighted by atomic mass is 32.1. The van der Waals surface area contributed by atoms with Gasteiger partial charge in [0.25, 0.3) is 0 Å². The average molecular weight is 313 g/mol. The molecular weight excluding hydrogens is 294 g/mol. The van der Waals surface area contributed by atoms with E-state index in [4.69, 9.17) is 17.0 Å². The molecule has 0 unspecified atom stereocenters. The molecule has 2 aromatic carbocycles.